The summed E-state index contributed by atoms with van der Waals surface area (Å²) < 4.78 is 9.34. The lowest BCUT2D eigenvalue weighted by atomic mass is 9.92. The van der Waals surface area contributed by atoms with E-state index in [0.29, 0.717) is 35.6 Å². The number of nitrogens with one attached hydrogen (secondary N) is 4. The molecule has 0 aliphatic carbocycles. The monoisotopic (exact) mass is 561 g/mol. The van der Waals surface area contributed by atoms with Crippen LogP contribution in [0.15, 0.2) is 16.9 Å². The minimum absolute atomic E-state index is 0.0317. The molecule has 2 aromatic heterocycles. The van der Waals surface area contributed by atoms with Crippen molar-refractivity contribution < 1.29 is 28.7 Å². The molecule has 4 N–H and O–H groups in total. The van der Waals surface area contributed by atoms with E-state index in [1.807, 2.05) is 6.07 Å². The number of thiophene rings is 1. The number of hydrogen-bond donors (Lipinski definition) is 4. The summed E-state index contributed by atoms with van der Waals surface area (Å²) in [5.41, 5.74) is -0.362. The highest BCUT2D eigenvalue weighted by Crippen LogP contribution is 2.26. The number of ether oxygens (including phenoxy) is 2. The number of amides is 2. The van der Waals surface area contributed by atoms with E-state index in [0.717, 1.165) is 11.3 Å². The number of carbonyl (C=O) groups is 4. The zero-order chi connectivity index (χ0) is 28.7. The normalized spacial score (nSPS) is 15.4. The molecule has 0 fully saturated rings. The van der Waals surface area contributed by atoms with Crippen molar-refractivity contribution in [3.63, 3.8) is 0 Å². The highest BCUT2D eigenvalue weighted by molar-refractivity contribution is 7.14. The van der Waals surface area contributed by atoms with Gasteiger partial charge in [0.1, 0.15) is 11.9 Å². The van der Waals surface area contributed by atoms with E-state index in [2.05, 4.69) is 30.7 Å². The molecule has 0 bridgehead atoms. The summed E-state index contributed by atoms with van der Waals surface area (Å²) in [4.78, 5) is 69.6. The fourth-order valence-electron chi connectivity index (χ4n) is 3.96. The summed E-state index contributed by atoms with van der Waals surface area (Å²) in [6.07, 6.45) is 2.05. The number of esters is 2. The number of aromatic amines is 1. The first-order valence-electron chi connectivity index (χ1n) is 12.6. The number of H-pyrrole nitrogens is 1. The van der Waals surface area contributed by atoms with Gasteiger partial charge in [0.15, 0.2) is 0 Å². The summed E-state index contributed by atoms with van der Waals surface area (Å²) in [6.45, 7) is 5.95. The first-order chi connectivity index (χ1) is 18.4. The minimum Gasteiger partial charge on any atom is -0.469 e. The smallest absolute Gasteiger partial charge is 0.328 e. The predicted molar refractivity (Wildman–Crippen MR) is 146 cm³/mol. The average Bonchev–Trinajstić information content (AvgIpc) is 3.38. The molecule has 2 atom stereocenters. The molecule has 0 saturated heterocycles. The van der Waals surface area contributed by atoms with Gasteiger partial charge in [-0.25, -0.2) is 4.79 Å². The summed E-state index contributed by atoms with van der Waals surface area (Å²) in [6, 6.07) is 2.60. The second kappa shape index (κ2) is 12.9. The lowest BCUT2D eigenvalue weighted by Gasteiger charge is -2.25. The summed E-state index contributed by atoms with van der Waals surface area (Å²) >= 11 is 1.32. The van der Waals surface area contributed by atoms with Gasteiger partial charge < -0.3 is 20.1 Å². The third kappa shape index (κ3) is 8.12. The molecule has 2 aromatic rings. The first kappa shape index (κ1) is 29.8. The number of methoxy groups -OCH3 is 2. The van der Waals surface area contributed by atoms with Crippen molar-refractivity contribution in [2.75, 3.05) is 31.4 Å². The van der Waals surface area contributed by atoms with E-state index in [-0.39, 0.29) is 36.2 Å². The Kier molecular flexibility index (Phi) is 9.84. The van der Waals surface area contributed by atoms with Crippen molar-refractivity contribution in [1.82, 2.24) is 15.3 Å². The maximum Gasteiger partial charge on any atom is 0.328 e. The van der Waals surface area contributed by atoms with Crippen LogP contribution in [0.2, 0.25) is 0 Å². The third-order valence-corrected chi connectivity index (χ3v) is 7.46. The Morgan fingerprint density at radius 2 is 1.92 bits per heavy atom. The van der Waals surface area contributed by atoms with E-state index >= 15 is 0 Å². The standard InChI is InChI=1S/C26H35N5O7S/c1-26(2,3)24(36)31-25-29-20-16(21(33)30-25)12-14(13-27-20)6-7-15-8-10-18(39-15)22(34)28-17(23(35)38-5)9-11-19(32)37-4/h8,10,14,17H,6-7,9,11-13H2,1-5H3,(H,28,34)(H3,27,29,30,31,33,36)/t14?,17-/m0/s1. The highest BCUT2D eigenvalue weighted by Gasteiger charge is 2.27. The average molecular weight is 562 g/mol. The number of nitrogens with zero attached hydrogens (tertiary/aromatic N) is 1. The van der Waals surface area contributed by atoms with Crippen LogP contribution in [0.25, 0.3) is 0 Å². The van der Waals surface area contributed by atoms with Crippen LogP contribution in [0.3, 0.4) is 0 Å². The lowest BCUT2D eigenvalue weighted by Crippen LogP contribution is -2.41. The van der Waals surface area contributed by atoms with Crippen molar-refractivity contribution in [2.24, 2.45) is 11.3 Å². The Balaban J connectivity index is 1.56. The Morgan fingerprint density at radius 1 is 1.18 bits per heavy atom. The summed E-state index contributed by atoms with van der Waals surface area (Å²) in [7, 11) is 2.47. The molecule has 0 saturated carbocycles. The molecule has 3 heterocycles. The van der Waals surface area contributed by atoms with Gasteiger partial charge in [-0.1, -0.05) is 20.8 Å². The minimum atomic E-state index is -0.963. The molecule has 13 heteroatoms. The van der Waals surface area contributed by atoms with Crippen molar-refractivity contribution in [1.29, 1.82) is 0 Å². The topological polar surface area (TPSA) is 169 Å². The number of hydrogen-bond acceptors (Lipinski definition) is 10. The lowest BCUT2D eigenvalue weighted by molar-refractivity contribution is -0.144. The van der Waals surface area contributed by atoms with Crippen LogP contribution in [0.5, 0.6) is 0 Å². The van der Waals surface area contributed by atoms with Gasteiger partial charge >= 0.3 is 11.9 Å². The van der Waals surface area contributed by atoms with Crippen LogP contribution < -0.4 is 21.5 Å². The van der Waals surface area contributed by atoms with E-state index in [9.17, 15) is 24.0 Å². The molecular weight excluding hydrogens is 526 g/mol. The Bertz CT molecular complexity index is 1280. The zero-order valence-corrected chi connectivity index (χ0v) is 23.6. The van der Waals surface area contributed by atoms with Crippen LogP contribution >= 0.6 is 11.3 Å². The van der Waals surface area contributed by atoms with Crippen molar-refractivity contribution in [3.8, 4) is 0 Å². The Morgan fingerprint density at radius 3 is 2.59 bits per heavy atom. The molecule has 1 aliphatic heterocycles. The maximum atomic E-state index is 12.7. The van der Waals surface area contributed by atoms with Gasteiger partial charge in [-0.3, -0.25) is 29.5 Å². The molecule has 12 nitrogen and oxygen atoms in total. The van der Waals surface area contributed by atoms with Crippen LogP contribution in [0.4, 0.5) is 11.8 Å². The molecular formula is C26H35N5O7S. The number of carbonyl (C=O) groups excluding carboxylic acids is 4. The molecule has 2 amide bonds. The van der Waals surface area contributed by atoms with Crippen molar-refractivity contribution >= 4 is 46.9 Å². The molecule has 1 unspecified atom stereocenters. The predicted octanol–water partition coefficient (Wildman–Crippen LogP) is 2.26. The SMILES string of the molecule is COC(=O)CC[C@H](NC(=O)c1ccc(CCC2CNc3nc(NC(=O)C(C)(C)C)[nH]c(=O)c3C2)s1)C(=O)OC. The van der Waals surface area contributed by atoms with E-state index in [4.69, 9.17) is 4.74 Å². The molecule has 0 aromatic carbocycles. The van der Waals surface area contributed by atoms with Gasteiger partial charge in [0.05, 0.1) is 24.7 Å². The quantitative estimate of drug-likeness (QED) is 0.318. The molecule has 0 spiro atoms. The number of aromatic nitrogens is 2. The highest BCUT2D eigenvalue weighted by atomic mass is 32.1. The van der Waals surface area contributed by atoms with Crippen LogP contribution in [-0.4, -0.2) is 60.5 Å². The fourth-order valence-corrected chi connectivity index (χ4v) is 4.89. The van der Waals surface area contributed by atoms with Crippen LogP contribution in [-0.2, 0) is 36.7 Å². The number of anilines is 2. The second-order valence-electron chi connectivity index (χ2n) is 10.4. The summed E-state index contributed by atoms with van der Waals surface area (Å²) in [5, 5.41) is 8.49. The molecule has 1 aliphatic rings. The van der Waals surface area contributed by atoms with E-state index in [1.54, 1.807) is 26.8 Å². The number of aryl methyl sites for hydroxylation is 1. The van der Waals surface area contributed by atoms with E-state index in [1.165, 1.54) is 25.6 Å². The first-order valence-corrected chi connectivity index (χ1v) is 13.5. The van der Waals surface area contributed by atoms with Gasteiger partial charge in [-0.15, -0.1) is 11.3 Å². The molecule has 212 valence electrons. The fraction of sp³-hybridized carbons (Fsp3) is 0.538. The number of rotatable bonds is 10. The maximum absolute atomic E-state index is 12.7. The largest absolute Gasteiger partial charge is 0.469 e. The van der Waals surface area contributed by atoms with Gasteiger partial charge in [0, 0.05) is 23.3 Å². The third-order valence-electron chi connectivity index (χ3n) is 6.32. The van der Waals surface area contributed by atoms with Gasteiger partial charge in [-0.2, -0.15) is 4.98 Å². The molecule has 3 rings (SSSR count). The second-order valence-corrected chi connectivity index (χ2v) is 11.5. The van der Waals surface area contributed by atoms with Gasteiger partial charge in [0.25, 0.3) is 11.5 Å². The Labute approximate surface area is 230 Å². The van der Waals surface area contributed by atoms with E-state index < -0.39 is 29.3 Å². The molecule has 0 radical (unpaired) electrons. The summed E-state index contributed by atoms with van der Waals surface area (Å²) in [5.74, 6) is -1.02. The van der Waals surface area contributed by atoms with Crippen molar-refractivity contribution in [2.45, 2.75) is 58.9 Å². The molecule has 39 heavy (non-hydrogen) atoms. The van der Waals surface area contributed by atoms with Crippen LogP contribution in [0, 0.1) is 11.3 Å². The van der Waals surface area contributed by atoms with Crippen LogP contribution in [0.1, 0.15) is 60.1 Å². The Hall–Kier alpha value is -3.74. The van der Waals surface area contributed by atoms with Gasteiger partial charge in [-0.05, 0) is 43.7 Å². The van der Waals surface area contributed by atoms with Crippen molar-refractivity contribution in [3.05, 3.63) is 37.8 Å². The zero-order valence-electron chi connectivity index (χ0n) is 22.8. The number of fused-ring (bicyclic) bond motifs is 1. The van der Waals surface area contributed by atoms with Gasteiger partial charge in [0.2, 0.25) is 11.9 Å².